The molecule has 1 fully saturated rings. The van der Waals surface area contributed by atoms with E-state index in [0.717, 1.165) is 5.56 Å². The van der Waals surface area contributed by atoms with Crippen LogP contribution in [0, 0.1) is 10.1 Å². The number of nitro benzene ring substituents is 1. The summed E-state index contributed by atoms with van der Waals surface area (Å²) >= 11 is 0.561. The van der Waals surface area contributed by atoms with Crippen LogP contribution in [0.25, 0.3) is 6.08 Å². The maximum atomic E-state index is 12.4. The lowest BCUT2D eigenvalue weighted by Crippen LogP contribution is -2.36. The first kappa shape index (κ1) is 20.1. The van der Waals surface area contributed by atoms with Gasteiger partial charge in [0.1, 0.15) is 6.54 Å². The smallest absolute Gasteiger partial charge is 0.311 e. The van der Waals surface area contributed by atoms with E-state index in [4.69, 9.17) is 5.73 Å². The summed E-state index contributed by atoms with van der Waals surface area (Å²) in [6.07, 6.45) is 1.56. The van der Waals surface area contributed by atoms with Crippen molar-refractivity contribution < 1.29 is 24.4 Å². The Morgan fingerprint density at radius 2 is 1.90 bits per heavy atom. The van der Waals surface area contributed by atoms with Crippen LogP contribution in [0.1, 0.15) is 16.7 Å². The quantitative estimate of drug-likeness (QED) is 0.420. The van der Waals surface area contributed by atoms with Crippen molar-refractivity contribution in [3.63, 3.8) is 0 Å². The van der Waals surface area contributed by atoms with Crippen LogP contribution in [0.15, 0.2) is 47.4 Å². The van der Waals surface area contributed by atoms with Gasteiger partial charge in [0.15, 0.2) is 0 Å². The second-order valence-corrected chi connectivity index (χ2v) is 7.20. The number of amides is 3. The molecular weight excluding hydrogens is 398 g/mol. The molecule has 1 heterocycles. The Kier molecular flexibility index (Phi) is 5.64. The zero-order valence-corrected chi connectivity index (χ0v) is 15.7. The number of hydrogen-bond donors (Lipinski definition) is 2. The first-order valence-electron chi connectivity index (χ1n) is 8.34. The molecule has 0 aromatic heterocycles. The van der Waals surface area contributed by atoms with Gasteiger partial charge in [-0.1, -0.05) is 30.3 Å². The van der Waals surface area contributed by atoms with Crippen molar-refractivity contribution in [1.29, 1.82) is 0 Å². The van der Waals surface area contributed by atoms with Crippen LogP contribution in [-0.2, 0) is 16.0 Å². The predicted octanol–water partition coefficient (Wildman–Crippen LogP) is 2.41. The number of imide groups is 1. The van der Waals surface area contributed by atoms with Crippen molar-refractivity contribution in [2.75, 3.05) is 6.54 Å². The Morgan fingerprint density at radius 3 is 2.52 bits per heavy atom. The number of nitro groups is 1. The number of primary amides is 1. The van der Waals surface area contributed by atoms with Crippen molar-refractivity contribution in [2.45, 2.75) is 6.42 Å². The van der Waals surface area contributed by atoms with Crippen molar-refractivity contribution >= 4 is 40.6 Å². The lowest BCUT2D eigenvalue weighted by Gasteiger charge is -2.09. The molecule has 0 atom stereocenters. The monoisotopic (exact) mass is 413 g/mol. The van der Waals surface area contributed by atoms with Gasteiger partial charge in [-0.25, -0.2) is 0 Å². The van der Waals surface area contributed by atoms with Crippen LogP contribution >= 0.6 is 11.8 Å². The predicted molar refractivity (Wildman–Crippen MR) is 106 cm³/mol. The summed E-state index contributed by atoms with van der Waals surface area (Å²) in [6, 6.07) is 12.0. The molecule has 3 rings (SSSR count). The topological polar surface area (TPSA) is 144 Å². The summed E-state index contributed by atoms with van der Waals surface area (Å²) in [7, 11) is 0. The SMILES string of the molecule is NC(=O)CN1C(=O)S/C(=C\c2cc(Cc3ccccc3)cc([N+](=O)[O-])c2O)C1=O. The zero-order chi connectivity index (χ0) is 21.1. The molecule has 3 N–H and O–H groups in total. The maximum absolute atomic E-state index is 12.4. The van der Waals surface area contributed by atoms with E-state index in [1.54, 1.807) is 0 Å². The van der Waals surface area contributed by atoms with Crippen LogP contribution in [0.3, 0.4) is 0 Å². The highest BCUT2D eigenvalue weighted by atomic mass is 32.2. The molecule has 10 heteroatoms. The first-order valence-corrected chi connectivity index (χ1v) is 9.15. The molecule has 29 heavy (non-hydrogen) atoms. The molecule has 0 bridgehead atoms. The number of phenolic OH excluding ortho intramolecular Hbond substituents is 1. The van der Waals surface area contributed by atoms with Crippen molar-refractivity contribution in [1.82, 2.24) is 4.90 Å². The number of carbonyl (C=O) groups excluding carboxylic acids is 3. The van der Waals surface area contributed by atoms with Crippen molar-refractivity contribution in [2.24, 2.45) is 5.73 Å². The van der Waals surface area contributed by atoms with Crippen LogP contribution in [0.5, 0.6) is 5.75 Å². The van der Waals surface area contributed by atoms with Gasteiger partial charge in [0.05, 0.1) is 9.83 Å². The minimum absolute atomic E-state index is 0.0229. The minimum atomic E-state index is -0.850. The first-order chi connectivity index (χ1) is 13.8. The van der Waals surface area contributed by atoms with E-state index < -0.39 is 40.0 Å². The molecule has 9 nitrogen and oxygen atoms in total. The Labute approximate surface area is 169 Å². The van der Waals surface area contributed by atoms with Gasteiger partial charge in [0.2, 0.25) is 11.7 Å². The average molecular weight is 413 g/mol. The van der Waals surface area contributed by atoms with Gasteiger partial charge in [-0.15, -0.1) is 0 Å². The standard InChI is InChI=1S/C19H15N3O6S/c20-16(23)10-21-18(25)15(29-19(21)26)9-13-7-12(6-11-4-2-1-3-5-11)8-14(17(13)24)22(27)28/h1-5,7-9,24H,6,10H2,(H2,20,23)/b15-9-. The van der Waals surface area contributed by atoms with Crippen LogP contribution < -0.4 is 5.73 Å². The zero-order valence-electron chi connectivity index (χ0n) is 14.9. The van der Waals surface area contributed by atoms with Gasteiger partial charge in [-0.3, -0.25) is 29.4 Å². The Morgan fingerprint density at radius 1 is 1.21 bits per heavy atom. The van der Waals surface area contributed by atoms with Crippen LogP contribution in [0.2, 0.25) is 0 Å². The summed E-state index contributed by atoms with van der Waals surface area (Å²) in [4.78, 5) is 46.6. The lowest BCUT2D eigenvalue weighted by molar-refractivity contribution is -0.385. The molecule has 0 aliphatic carbocycles. The molecule has 1 aliphatic heterocycles. The third-order valence-corrected chi connectivity index (χ3v) is 5.01. The molecule has 3 amide bonds. The number of carbonyl (C=O) groups is 3. The van der Waals surface area contributed by atoms with E-state index in [1.165, 1.54) is 18.2 Å². The number of benzene rings is 2. The Balaban J connectivity index is 2.01. The number of hydrogen-bond acceptors (Lipinski definition) is 7. The molecule has 2 aromatic carbocycles. The second-order valence-electron chi connectivity index (χ2n) is 6.21. The molecule has 1 saturated heterocycles. The average Bonchev–Trinajstić information content (AvgIpc) is 2.92. The van der Waals surface area contributed by atoms with E-state index >= 15 is 0 Å². The van der Waals surface area contributed by atoms with E-state index in [2.05, 4.69) is 0 Å². The third kappa shape index (κ3) is 4.43. The lowest BCUT2D eigenvalue weighted by atomic mass is 10.0. The molecule has 148 valence electrons. The summed E-state index contributed by atoms with van der Waals surface area (Å²) in [5.41, 5.74) is 5.99. The normalized spacial score (nSPS) is 15.2. The van der Waals surface area contributed by atoms with E-state index in [1.807, 2.05) is 30.3 Å². The van der Waals surface area contributed by atoms with Gasteiger partial charge in [-0.2, -0.15) is 0 Å². The summed E-state index contributed by atoms with van der Waals surface area (Å²) in [5, 5.41) is 21.0. The minimum Gasteiger partial charge on any atom is -0.502 e. The molecule has 0 spiro atoms. The van der Waals surface area contributed by atoms with Gasteiger partial charge < -0.3 is 10.8 Å². The molecule has 1 aliphatic rings. The van der Waals surface area contributed by atoms with Crippen LogP contribution in [-0.4, -0.2) is 38.5 Å². The largest absolute Gasteiger partial charge is 0.502 e. The number of nitrogens with two attached hydrogens (primary N) is 1. The Bertz CT molecular complexity index is 1050. The molecule has 0 unspecified atom stereocenters. The third-order valence-electron chi connectivity index (χ3n) is 4.10. The van der Waals surface area contributed by atoms with Gasteiger partial charge in [-0.05, 0) is 41.5 Å². The van der Waals surface area contributed by atoms with E-state index in [0.29, 0.717) is 28.6 Å². The molecule has 0 saturated carbocycles. The highest BCUT2D eigenvalue weighted by molar-refractivity contribution is 8.18. The molecule has 0 radical (unpaired) electrons. The fourth-order valence-electron chi connectivity index (χ4n) is 2.82. The Hall–Kier alpha value is -3.66. The summed E-state index contributed by atoms with van der Waals surface area (Å²) in [5.74, 6) is -2.22. The van der Waals surface area contributed by atoms with Crippen LogP contribution in [0.4, 0.5) is 10.5 Å². The number of thioether (sulfide) groups is 1. The van der Waals surface area contributed by atoms with Gasteiger partial charge in [0, 0.05) is 11.6 Å². The summed E-state index contributed by atoms with van der Waals surface area (Å²) < 4.78 is 0. The molecule has 2 aromatic rings. The van der Waals surface area contributed by atoms with E-state index in [-0.39, 0.29) is 10.5 Å². The fourth-order valence-corrected chi connectivity index (χ4v) is 3.65. The maximum Gasteiger partial charge on any atom is 0.311 e. The van der Waals surface area contributed by atoms with Crippen molar-refractivity contribution in [3.05, 3.63) is 74.2 Å². The number of phenols is 1. The van der Waals surface area contributed by atoms with Crippen molar-refractivity contribution in [3.8, 4) is 5.75 Å². The van der Waals surface area contributed by atoms with Gasteiger partial charge in [0.25, 0.3) is 11.1 Å². The van der Waals surface area contributed by atoms with E-state index in [9.17, 15) is 29.6 Å². The number of nitrogens with zero attached hydrogens (tertiary/aromatic N) is 2. The number of aromatic hydroxyl groups is 1. The number of rotatable bonds is 6. The molecular formula is C19H15N3O6S. The second kappa shape index (κ2) is 8.15. The highest BCUT2D eigenvalue weighted by Gasteiger charge is 2.36. The summed E-state index contributed by atoms with van der Waals surface area (Å²) in [6.45, 7) is -0.567. The fraction of sp³-hybridized carbons (Fsp3) is 0.105. The van der Waals surface area contributed by atoms with Gasteiger partial charge >= 0.3 is 5.69 Å². The highest BCUT2D eigenvalue weighted by Crippen LogP contribution is 2.37.